The van der Waals surface area contributed by atoms with Gasteiger partial charge in [-0.15, -0.1) is 0 Å². The molecular formula is C26H37N5O. The lowest BCUT2D eigenvalue weighted by Gasteiger charge is -2.28. The Kier molecular flexibility index (Phi) is 8.54. The molecule has 2 aromatic carbocycles. The monoisotopic (exact) mass is 435 g/mol. The standard InChI is InChI=1S/C26H37N5O/c1-27-26(28-12-6-13-30-14-11-22-7-2-4-9-24(22)20-30)29-19-23-8-3-5-10-25(23)21-31-15-17-32-18-16-31/h2-5,7-10H,6,11-21H2,1H3,(H2,27,28,29). The van der Waals surface area contributed by atoms with Crippen molar-refractivity contribution in [3.05, 3.63) is 70.8 Å². The van der Waals surface area contributed by atoms with Gasteiger partial charge in [0, 0.05) is 59.4 Å². The van der Waals surface area contributed by atoms with Crippen LogP contribution in [0, 0.1) is 0 Å². The minimum atomic E-state index is 0.781. The Morgan fingerprint density at radius 3 is 2.47 bits per heavy atom. The fraction of sp³-hybridized carbons (Fsp3) is 0.500. The Balaban J connectivity index is 1.19. The van der Waals surface area contributed by atoms with Gasteiger partial charge in [0.1, 0.15) is 0 Å². The van der Waals surface area contributed by atoms with Crippen LogP contribution in [0.25, 0.3) is 0 Å². The lowest BCUT2D eigenvalue weighted by atomic mass is 10.00. The fourth-order valence-electron chi connectivity index (χ4n) is 4.54. The van der Waals surface area contributed by atoms with E-state index in [9.17, 15) is 0 Å². The van der Waals surface area contributed by atoms with Crippen molar-refractivity contribution >= 4 is 5.96 Å². The Hall–Kier alpha value is -2.41. The number of ether oxygens (including phenoxy) is 1. The van der Waals surface area contributed by atoms with Crippen LogP contribution >= 0.6 is 0 Å². The van der Waals surface area contributed by atoms with Gasteiger partial charge in [-0.3, -0.25) is 14.8 Å². The molecule has 0 bridgehead atoms. The molecule has 2 heterocycles. The van der Waals surface area contributed by atoms with Crippen molar-refractivity contribution in [3.8, 4) is 0 Å². The summed E-state index contributed by atoms with van der Waals surface area (Å²) >= 11 is 0. The van der Waals surface area contributed by atoms with Crippen molar-refractivity contribution in [2.24, 2.45) is 4.99 Å². The molecule has 2 aromatic rings. The number of benzene rings is 2. The first-order valence-electron chi connectivity index (χ1n) is 11.9. The Morgan fingerprint density at radius 2 is 1.66 bits per heavy atom. The smallest absolute Gasteiger partial charge is 0.191 e. The van der Waals surface area contributed by atoms with Crippen LogP contribution in [0.5, 0.6) is 0 Å². The molecule has 2 aliphatic heterocycles. The highest BCUT2D eigenvalue weighted by Gasteiger charge is 2.15. The first-order chi connectivity index (χ1) is 15.8. The predicted molar refractivity (Wildman–Crippen MR) is 131 cm³/mol. The van der Waals surface area contributed by atoms with Crippen molar-refractivity contribution in [3.63, 3.8) is 0 Å². The second kappa shape index (κ2) is 12.0. The molecule has 0 amide bonds. The molecule has 0 aliphatic carbocycles. The number of hydrogen-bond acceptors (Lipinski definition) is 4. The molecule has 0 saturated carbocycles. The summed E-state index contributed by atoms with van der Waals surface area (Å²) in [7, 11) is 1.84. The van der Waals surface area contributed by atoms with Gasteiger partial charge in [0.2, 0.25) is 0 Å². The lowest BCUT2D eigenvalue weighted by Crippen LogP contribution is -2.39. The van der Waals surface area contributed by atoms with Gasteiger partial charge in [-0.25, -0.2) is 0 Å². The van der Waals surface area contributed by atoms with Crippen molar-refractivity contribution in [2.75, 3.05) is 53.0 Å². The second-order valence-corrected chi connectivity index (χ2v) is 8.66. The summed E-state index contributed by atoms with van der Waals surface area (Å²) in [6, 6.07) is 17.5. The maximum atomic E-state index is 5.48. The third-order valence-corrected chi connectivity index (χ3v) is 6.44. The number of morpholine rings is 1. The maximum absolute atomic E-state index is 5.48. The molecule has 0 aromatic heterocycles. The van der Waals surface area contributed by atoms with Crippen molar-refractivity contribution in [1.29, 1.82) is 0 Å². The van der Waals surface area contributed by atoms with Crippen LogP contribution in [-0.4, -0.2) is 68.7 Å². The summed E-state index contributed by atoms with van der Waals surface area (Å²) in [4.78, 5) is 9.44. The molecule has 0 spiro atoms. The summed E-state index contributed by atoms with van der Waals surface area (Å²) in [5, 5.41) is 6.98. The number of aliphatic imine (C=N–C) groups is 1. The molecule has 32 heavy (non-hydrogen) atoms. The molecule has 0 atom stereocenters. The SMILES string of the molecule is CN=C(NCCCN1CCc2ccccc2C1)NCc1ccccc1CN1CCOCC1. The molecule has 4 rings (SSSR count). The molecule has 0 radical (unpaired) electrons. The van der Waals surface area contributed by atoms with Crippen LogP contribution < -0.4 is 10.6 Å². The lowest BCUT2D eigenvalue weighted by molar-refractivity contribution is 0.0341. The van der Waals surface area contributed by atoms with Crippen molar-refractivity contribution in [2.45, 2.75) is 32.5 Å². The van der Waals surface area contributed by atoms with Crippen molar-refractivity contribution in [1.82, 2.24) is 20.4 Å². The summed E-state index contributed by atoms with van der Waals surface area (Å²) < 4.78 is 5.48. The fourth-order valence-corrected chi connectivity index (χ4v) is 4.54. The van der Waals surface area contributed by atoms with Gasteiger partial charge in [0.05, 0.1) is 13.2 Å². The van der Waals surface area contributed by atoms with Crippen LogP contribution in [0.15, 0.2) is 53.5 Å². The quantitative estimate of drug-likeness (QED) is 0.379. The van der Waals surface area contributed by atoms with E-state index in [-0.39, 0.29) is 0 Å². The van der Waals surface area contributed by atoms with Gasteiger partial charge >= 0.3 is 0 Å². The third-order valence-electron chi connectivity index (χ3n) is 6.44. The summed E-state index contributed by atoms with van der Waals surface area (Å²) in [5.41, 5.74) is 5.71. The molecule has 1 fully saturated rings. The van der Waals surface area contributed by atoms with Crippen LogP contribution in [0.3, 0.4) is 0 Å². The van der Waals surface area contributed by atoms with Gasteiger partial charge in [0.15, 0.2) is 5.96 Å². The first-order valence-corrected chi connectivity index (χ1v) is 11.9. The van der Waals surface area contributed by atoms with Gasteiger partial charge in [0.25, 0.3) is 0 Å². The number of nitrogens with zero attached hydrogens (tertiary/aromatic N) is 3. The van der Waals surface area contributed by atoms with Crippen LogP contribution in [0.4, 0.5) is 0 Å². The Labute approximate surface area is 192 Å². The number of nitrogens with one attached hydrogen (secondary N) is 2. The molecule has 2 aliphatic rings. The zero-order valence-corrected chi connectivity index (χ0v) is 19.4. The average molecular weight is 436 g/mol. The molecule has 6 heteroatoms. The number of rotatable bonds is 8. The Morgan fingerprint density at radius 1 is 0.906 bits per heavy atom. The largest absolute Gasteiger partial charge is 0.379 e. The molecule has 0 unspecified atom stereocenters. The van der Waals surface area contributed by atoms with Gasteiger partial charge in [-0.05, 0) is 35.1 Å². The van der Waals surface area contributed by atoms with E-state index in [4.69, 9.17) is 4.74 Å². The first kappa shape index (κ1) is 22.8. The van der Waals surface area contributed by atoms with Gasteiger partial charge < -0.3 is 15.4 Å². The van der Waals surface area contributed by atoms with E-state index >= 15 is 0 Å². The number of guanidine groups is 1. The Bertz CT molecular complexity index is 878. The van der Waals surface area contributed by atoms with E-state index < -0.39 is 0 Å². The third kappa shape index (κ3) is 6.55. The average Bonchev–Trinajstić information content (AvgIpc) is 2.85. The van der Waals surface area contributed by atoms with E-state index in [1.54, 1.807) is 0 Å². The maximum Gasteiger partial charge on any atom is 0.191 e. The minimum absolute atomic E-state index is 0.781. The van der Waals surface area contributed by atoms with Crippen molar-refractivity contribution < 1.29 is 4.74 Å². The number of fused-ring (bicyclic) bond motifs is 1. The molecular weight excluding hydrogens is 398 g/mol. The summed E-state index contributed by atoms with van der Waals surface area (Å²) in [6.45, 7) is 9.71. The highest BCUT2D eigenvalue weighted by molar-refractivity contribution is 5.79. The molecule has 1 saturated heterocycles. The highest BCUT2D eigenvalue weighted by Crippen LogP contribution is 2.18. The van der Waals surface area contributed by atoms with E-state index in [2.05, 4.69) is 74.0 Å². The van der Waals surface area contributed by atoms with Crippen LogP contribution in [0.2, 0.25) is 0 Å². The topological polar surface area (TPSA) is 52.1 Å². The zero-order valence-electron chi connectivity index (χ0n) is 19.4. The normalized spacial score (nSPS) is 17.7. The summed E-state index contributed by atoms with van der Waals surface area (Å²) in [6.07, 6.45) is 2.27. The van der Waals surface area contributed by atoms with E-state index in [0.717, 1.165) is 84.4 Å². The second-order valence-electron chi connectivity index (χ2n) is 8.66. The van der Waals surface area contributed by atoms with Gasteiger partial charge in [-0.1, -0.05) is 48.5 Å². The van der Waals surface area contributed by atoms with Gasteiger partial charge in [-0.2, -0.15) is 0 Å². The predicted octanol–water partition coefficient (Wildman–Crippen LogP) is 2.63. The molecule has 2 N–H and O–H groups in total. The van der Waals surface area contributed by atoms with E-state index in [1.807, 2.05) is 7.05 Å². The molecule has 6 nitrogen and oxygen atoms in total. The van der Waals surface area contributed by atoms with E-state index in [1.165, 1.54) is 22.3 Å². The highest BCUT2D eigenvalue weighted by atomic mass is 16.5. The van der Waals surface area contributed by atoms with Crippen LogP contribution in [-0.2, 0) is 30.8 Å². The minimum Gasteiger partial charge on any atom is -0.379 e. The zero-order chi connectivity index (χ0) is 22.0. The van der Waals surface area contributed by atoms with E-state index in [0.29, 0.717) is 0 Å². The summed E-state index contributed by atoms with van der Waals surface area (Å²) in [5.74, 6) is 0.871. The molecule has 172 valence electrons. The van der Waals surface area contributed by atoms with Crippen LogP contribution in [0.1, 0.15) is 28.7 Å². The number of hydrogen-bond donors (Lipinski definition) is 2.